The fraction of sp³-hybridized carbons (Fsp3) is 0.600. The predicted octanol–water partition coefficient (Wildman–Crippen LogP) is 5.02. The van der Waals surface area contributed by atoms with Crippen molar-refractivity contribution in [1.82, 2.24) is 10.3 Å². The Morgan fingerprint density at radius 2 is 1.86 bits per heavy atom. The average molecular weight is 604 g/mol. The number of ketones is 1. The number of carbonyl (C=O) groups is 3. The number of para-hydroxylation sites is 1. The number of rotatable bonds is 8. The van der Waals surface area contributed by atoms with E-state index in [0.29, 0.717) is 24.2 Å². The number of fused-ring (bicyclic) bond motifs is 6. The largest absolute Gasteiger partial charge is 0.467 e. The molecule has 1 heterocycles. The lowest BCUT2D eigenvalue weighted by atomic mass is 9.46. The van der Waals surface area contributed by atoms with E-state index in [1.54, 1.807) is 6.92 Å². The molecule has 3 saturated carbocycles. The summed E-state index contributed by atoms with van der Waals surface area (Å²) in [6.07, 6.45) is 11.4. The third kappa shape index (κ3) is 4.97. The second-order valence-electron chi connectivity index (χ2n) is 14.0. The zero-order valence-corrected chi connectivity index (χ0v) is 26.3. The molecule has 1 amide bonds. The number of nitrogens with zero attached hydrogens (tertiary/aromatic N) is 1. The van der Waals surface area contributed by atoms with Crippen molar-refractivity contribution in [3.8, 4) is 0 Å². The summed E-state index contributed by atoms with van der Waals surface area (Å²) in [6, 6.07) is 6.96. The monoisotopic (exact) mass is 603 g/mol. The van der Waals surface area contributed by atoms with Crippen molar-refractivity contribution < 1.29 is 29.1 Å². The van der Waals surface area contributed by atoms with E-state index in [2.05, 4.69) is 35.4 Å². The van der Waals surface area contributed by atoms with Crippen LogP contribution >= 0.6 is 0 Å². The second kappa shape index (κ2) is 11.5. The maximum absolute atomic E-state index is 12.8. The number of methoxy groups -OCH3 is 1. The lowest BCUT2D eigenvalue weighted by Gasteiger charge is -2.59. The normalized spacial score (nSPS) is 34.3. The molecule has 0 bridgehead atoms. The number of nitrogens with one attached hydrogen (secondary N) is 2. The van der Waals surface area contributed by atoms with Gasteiger partial charge >= 0.3 is 5.97 Å². The van der Waals surface area contributed by atoms with E-state index < -0.39 is 23.5 Å². The SMILES string of the molecule is COC(=O)C(Cc1c[nH]c2ccccc12)NC(=O)CON=C1C=C2CCC3C(CCC4(C)C3CCC4(O)C(C)=O)C2(C)CC1. The van der Waals surface area contributed by atoms with Crippen LogP contribution in [0.15, 0.2) is 47.3 Å². The first-order valence-corrected chi connectivity index (χ1v) is 16.1. The highest BCUT2D eigenvalue weighted by Crippen LogP contribution is 2.67. The number of carbonyl (C=O) groups excluding carboxylic acids is 3. The molecule has 4 aliphatic carbocycles. The summed E-state index contributed by atoms with van der Waals surface area (Å²) in [5.74, 6) is 0.366. The van der Waals surface area contributed by atoms with Gasteiger partial charge in [0.2, 0.25) is 0 Å². The smallest absolute Gasteiger partial charge is 0.328 e. The zero-order chi connectivity index (χ0) is 31.3. The minimum atomic E-state index is -1.19. The number of hydrogen-bond donors (Lipinski definition) is 3. The van der Waals surface area contributed by atoms with Gasteiger partial charge in [0.15, 0.2) is 12.4 Å². The molecular formula is C35H45N3O6. The summed E-state index contributed by atoms with van der Waals surface area (Å²) in [5, 5.41) is 19.5. The van der Waals surface area contributed by atoms with Gasteiger partial charge in [0.1, 0.15) is 11.6 Å². The van der Waals surface area contributed by atoms with Crippen LogP contribution < -0.4 is 5.32 Å². The topological polar surface area (TPSA) is 130 Å². The van der Waals surface area contributed by atoms with Crippen molar-refractivity contribution >= 4 is 34.3 Å². The first-order valence-electron chi connectivity index (χ1n) is 16.1. The Morgan fingerprint density at radius 3 is 2.64 bits per heavy atom. The van der Waals surface area contributed by atoms with Gasteiger partial charge in [0, 0.05) is 28.9 Å². The Morgan fingerprint density at radius 1 is 1.09 bits per heavy atom. The van der Waals surface area contributed by atoms with E-state index in [1.807, 2.05) is 30.5 Å². The Hall–Kier alpha value is -3.46. The molecule has 1 aromatic carbocycles. The van der Waals surface area contributed by atoms with Gasteiger partial charge in [0.25, 0.3) is 5.91 Å². The van der Waals surface area contributed by atoms with E-state index in [9.17, 15) is 19.5 Å². The van der Waals surface area contributed by atoms with Crippen molar-refractivity contribution in [2.45, 2.75) is 90.2 Å². The van der Waals surface area contributed by atoms with Crippen LogP contribution in [-0.4, -0.2) is 58.8 Å². The maximum atomic E-state index is 12.8. The van der Waals surface area contributed by atoms with Gasteiger partial charge in [-0.25, -0.2) is 4.79 Å². The summed E-state index contributed by atoms with van der Waals surface area (Å²) in [5.41, 5.74) is 2.63. The Kier molecular flexibility index (Phi) is 7.97. The molecule has 7 unspecified atom stereocenters. The minimum Gasteiger partial charge on any atom is -0.467 e. The Bertz CT molecular complexity index is 1530. The Balaban J connectivity index is 1.08. The highest BCUT2D eigenvalue weighted by Gasteiger charge is 2.65. The lowest BCUT2D eigenvalue weighted by molar-refractivity contribution is -0.159. The molecule has 6 rings (SSSR count). The first kappa shape index (κ1) is 30.6. The minimum absolute atomic E-state index is 0.0632. The van der Waals surface area contributed by atoms with Crippen LogP contribution in [0.25, 0.3) is 10.9 Å². The number of benzene rings is 1. The predicted molar refractivity (Wildman–Crippen MR) is 167 cm³/mol. The highest BCUT2D eigenvalue weighted by molar-refractivity contribution is 5.96. The number of ether oxygens (including phenoxy) is 1. The molecule has 7 atom stereocenters. The van der Waals surface area contributed by atoms with Crippen molar-refractivity contribution in [3.05, 3.63) is 47.7 Å². The van der Waals surface area contributed by atoms with Crippen molar-refractivity contribution in [3.63, 3.8) is 0 Å². The molecule has 236 valence electrons. The molecular weight excluding hydrogens is 558 g/mol. The van der Waals surface area contributed by atoms with Gasteiger partial charge in [-0.15, -0.1) is 0 Å². The van der Waals surface area contributed by atoms with Crippen LogP contribution in [0.2, 0.25) is 0 Å². The maximum Gasteiger partial charge on any atom is 0.328 e. The number of esters is 1. The summed E-state index contributed by atoms with van der Waals surface area (Å²) in [4.78, 5) is 46.5. The van der Waals surface area contributed by atoms with E-state index in [4.69, 9.17) is 9.57 Å². The van der Waals surface area contributed by atoms with E-state index in [0.717, 1.165) is 67.1 Å². The molecule has 3 fully saturated rings. The fourth-order valence-electron chi connectivity index (χ4n) is 9.50. The quantitative estimate of drug-likeness (QED) is 0.287. The molecule has 0 aliphatic heterocycles. The number of H-pyrrole nitrogens is 1. The molecule has 9 nitrogen and oxygen atoms in total. The number of hydrogen-bond acceptors (Lipinski definition) is 7. The highest BCUT2D eigenvalue weighted by atomic mass is 16.6. The number of Topliss-reactive ketones (excluding diaryl/α,β-unsaturated/α-hetero) is 1. The van der Waals surface area contributed by atoms with E-state index >= 15 is 0 Å². The van der Waals surface area contributed by atoms with Crippen LogP contribution in [0.1, 0.15) is 77.7 Å². The van der Waals surface area contributed by atoms with Crippen LogP contribution in [0.4, 0.5) is 0 Å². The van der Waals surface area contributed by atoms with Gasteiger partial charge < -0.3 is 25.0 Å². The number of aromatic amines is 1. The molecule has 3 N–H and O–H groups in total. The molecule has 0 radical (unpaired) electrons. The molecule has 9 heteroatoms. The number of aliphatic hydroxyl groups is 1. The Labute approximate surface area is 258 Å². The third-order valence-electron chi connectivity index (χ3n) is 12.0. The van der Waals surface area contributed by atoms with Crippen molar-refractivity contribution in [1.29, 1.82) is 0 Å². The van der Waals surface area contributed by atoms with Crippen molar-refractivity contribution in [2.24, 2.45) is 33.7 Å². The van der Waals surface area contributed by atoms with Gasteiger partial charge in [-0.05, 0) is 99.2 Å². The fourth-order valence-corrected chi connectivity index (χ4v) is 9.50. The molecule has 44 heavy (non-hydrogen) atoms. The number of oxime groups is 1. The van der Waals surface area contributed by atoms with Crippen molar-refractivity contribution in [2.75, 3.05) is 13.7 Å². The first-order chi connectivity index (χ1) is 21.0. The summed E-state index contributed by atoms with van der Waals surface area (Å²) < 4.78 is 4.95. The zero-order valence-electron chi connectivity index (χ0n) is 26.3. The molecule has 0 spiro atoms. The van der Waals surface area contributed by atoms with Crippen LogP contribution in [-0.2, 0) is 30.4 Å². The number of amides is 1. The van der Waals surface area contributed by atoms with Gasteiger partial charge in [-0.1, -0.05) is 42.8 Å². The molecule has 4 aliphatic rings. The van der Waals surface area contributed by atoms with E-state index in [1.165, 1.54) is 12.7 Å². The van der Waals surface area contributed by atoms with Gasteiger partial charge in [0.05, 0.1) is 12.8 Å². The summed E-state index contributed by atoms with van der Waals surface area (Å²) >= 11 is 0. The van der Waals surface area contributed by atoms with E-state index in [-0.39, 0.29) is 29.6 Å². The molecule has 1 aromatic heterocycles. The lowest BCUT2D eigenvalue weighted by Crippen LogP contribution is -2.57. The standard InChI is InChI=1S/C35H45N3O6/c1-21(39)35(42)16-13-28-26-10-9-23-18-24(11-14-33(23,2)27(26)12-15-34(28,35)3)38-44-20-31(40)37-30(32(41)43-4)17-22-19-36-29-8-6-5-7-25(22)29/h5-8,18-19,26-28,30,36,42H,9-17,20H2,1-4H3,(H,37,40). The summed E-state index contributed by atoms with van der Waals surface area (Å²) in [7, 11) is 1.31. The number of allylic oxidation sites excluding steroid dienone is 2. The van der Waals surface area contributed by atoms with Crippen LogP contribution in [0.5, 0.6) is 0 Å². The van der Waals surface area contributed by atoms with Crippen LogP contribution in [0.3, 0.4) is 0 Å². The third-order valence-corrected chi connectivity index (χ3v) is 12.0. The number of aromatic nitrogens is 1. The van der Waals surface area contributed by atoms with Gasteiger partial charge in [-0.2, -0.15) is 0 Å². The van der Waals surface area contributed by atoms with Crippen LogP contribution in [0, 0.1) is 28.6 Å². The average Bonchev–Trinajstić information content (AvgIpc) is 3.54. The molecule has 0 saturated heterocycles. The molecule has 2 aromatic rings. The summed E-state index contributed by atoms with van der Waals surface area (Å²) in [6.45, 7) is 5.80. The van der Waals surface area contributed by atoms with Gasteiger partial charge in [-0.3, -0.25) is 9.59 Å². The second-order valence-corrected chi connectivity index (χ2v) is 14.0.